The lowest BCUT2D eigenvalue weighted by Crippen LogP contribution is -2.45. The number of hydrogen-bond donors (Lipinski definition) is 1. The molecule has 1 fully saturated rings. The summed E-state index contributed by atoms with van der Waals surface area (Å²) >= 11 is 0. The molecule has 2 rings (SSSR count). The van der Waals surface area contributed by atoms with E-state index in [0.717, 1.165) is 22.4 Å². The molecule has 0 atom stereocenters. The number of carbonyl (C=O) groups is 1. The molecule has 19 heavy (non-hydrogen) atoms. The van der Waals surface area contributed by atoms with Crippen molar-refractivity contribution >= 4 is 5.97 Å². The summed E-state index contributed by atoms with van der Waals surface area (Å²) in [5.74, 6) is -0.0898. The van der Waals surface area contributed by atoms with E-state index in [0.29, 0.717) is 13.2 Å². The topological polar surface area (TPSA) is 55.8 Å². The molecule has 0 amide bonds. The third-order valence-electron chi connectivity index (χ3n) is 3.76. The van der Waals surface area contributed by atoms with Crippen LogP contribution in [0.4, 0.5) is 0 Å². The molecule has 0 aromatic heterocycles. The van der Waals surface area contributed by atoms with Crippen LogP contribution in [0.3, 0.4) is 0 Å². The van der Waals surface area contributed by atoms with E-state index in [1.807, 2.05) is 26.0 Å². The Morgan fingerprint density at radius 3 is 2.53 bits per heavy atom. The Bertz CT molecular complexity index is 527. The van der Waals surface area contributed by atoms with E-state index in [1.165, 1.54) is 6.08 Å². The van der Waals surface area contributed by atoms with Gasteiger partial charge in [0.15, 0.2) is 0 Å². The molecule has 0 aliphatic carbocycles. The van der Waals surface area contributed by atoms with Crippen molar-refractivity contribution in [2.24, 2.45) is 0 Å². The van der Waals surface area contributed by atoms with Crippen LogP contribution in [0.15, 0.2) is 24.3 Å². The SMILES string of the molecule is COc1ccc(C2(/C=C/C(=O)O)COC2)c(C)c1C. The zero-order valence-corrected chi connectivity index (χ0v) is 11.4. The van der Waals surface area contributed by atoms with Gasteiger partial charge < -0.3 is 14.6 Å². The fourth-order valence-electron chi connectivity index (χ4n) is 2.45. The van der Waals surface area contributed by atoms with Gasteiger partial charge >= 0.3 is 5.97 Å². The molecular formula is C15H18O4. The van der Waals surface area contributed by atoms with Crippen LogP contribution in [-0.4, -0.2) is 31.4 Å². The average Bonchev–Trinajstić information content (AvgIpc) is 2.32. The highest BCUT2D eigenvalue weighted by atomic mass is 16.5. The summed E-state index contributed by atoms with van der Waals surface area (Å²) < 4.78 is 10.6. The third-order valence-corrected chi connectivity index (χ3v) is 3.76. The van der Waals surface area contributed by atoms with Gasteiger partial charge in [-0.2, -0.15) is 0 Å². The number of hydrogen-bond acceptors (Lipinski definition) is 3. The number of carboxylic acid groups (broad SMARTS) is 1. The van der Waals surface area contributed by atoms with Crippen molar-refractivity contribution in [2.75, 3.05) is 20.3 Å². The fraction of sp³-hybridized carbons (Fsp3) is 0.400. The predicted octanol–water partition coefficient (Wildman–Crippen LogP) is 2.22. The van der Waals surface area contributed by atoms with Crippen molar-refractivity contribution in [3.63, 3.8) is 0 Å². The predicted molar refractivity (Wildman–Crippen MR) is 71.7 cm³/mol. The molecule has 0 unspecified atom stereocenters. The van der Waals surface area contributed by atoms with Gasteiger partial charge in [-0.3, -0.25) is 0 Å². The maximum atomic E-state index is 10.7. The Hall–Kier alpha value is -1.81. The van der Waals surface area contributed by atoms with Crippen molar-refractivity contribution in [3.8, 4) is 5.75 Å². The van der Waals surface area contributed by atoms with Crippen molar-refractivity contribution in [2.45, 2.75) is 19.3 Å². The molecule has 0 bridgehead atoms. The highest BCUT2D eigenvalue weighted by Crippen LogP contribution is 2.38. The number of aliphatic carboxylic acids is 1. The number of rotatable bonds is 4. The Morgan fingerprint density at radius 2 is 2.05 bits per heavy atom. The van der Waals surface area contributed by atoms with Crippen molar-refractivity contribution in [3.05, 3.63) is 41.0 Å². The lowest BCUT2D eigenvalue weighted by atomic mass is 9.75. The molecule has 1 saturated heterocycles. The number of methoxy groups -OCH3 is 1. The molecule has 4 heteroatoms. The van der Waals surface area contributed by atoms with Gasteiger partial charge in [0.05, 0.1) is 25.7 Å². The molecule has 102 valence electrons. The molecule has 4 nitrogen and oxygen atoms in total. The molecule has 1 aromatic rings. The molecule has 0 spiro atoms. The van der Waals surface area contributed by atoms with Gasteiger partial charge in [-0.25, -0.2) is 4.79 Å². The monoisotopic (exact) mass is 262 g/mol. The van der Waals surface area contributed by atoms with Crippen LogP contribution in [0, 0.1) is 13.8 Å². The first-order valence-corrected chi connectivity index (χ1v) is 6.15. The van der Waals surface area contributed by atoms with Crippen molar-refractivity contribution in [1.82, 2.24) is 0 Å². The fourth-order valence-corrected chi connectivity index (χ4v) is 2.45. The summed E-state index contributed by atoms with van der Waals surface area (Å²) in [6.45, 7) is 5.07. The minimum Gasteiger partial charge on any atom is -0.496 e. The van der Waals surface area contributed by atoms with Gasteiger partial charge in [-0.1, -0.05) is 12.1 Å². The summed E-state index contributed by atoms with van der Waals surface area (Å²) in [5, 5.41) is 8.80. The lowest BCUT2D eigenvalue weighted by Gasteiger charge is -2.40. The van der Waals surface area contributed by atoms with E-state index < -0.39 is 5.97 Å². The Kier molecular flexibility index (Phi) is 3.62. The quantitative estimate of drug-likeness (QED) is 0.845. The standard InChI is InChI=1S/C15H18O4/c1-10-11(2)13(18-3)5-4-12(10)15(8-19-9-15)7-6-14(16)17/h4-7H,8-9H2,1-3H3,(H,16,17)/b7-6+. The van der Waals surface area contributed by atoms with E-state index in [1.54, 1.807) is 13.2 Å². The molecule has 1 aliphatic rings. The highest BCUT2D eigenvalue weighted by molar-refractivity contribution is 5.80. The summed E-state index contributed by atoms with van der Waals surface area (Å²) in [4.78, 5) is 10.7. The van der Waals surface area contributed by atoms with E-state index in [9.17, 15) is 4.79 Å². The van der Waals surface area contributed by atoms with Gasteiger partial charge in [0.2, 0.25) is 0 Å². The normalized spacial score (nSPS) is 17.2. The van der Waals surface area contributed by atoms with E-state index in [2.05, 4.69) is 0 Å². The molecule has 1 heterocycles. The zero-order valence-electron chi connectivity index (χ0n) is 11.4. The third kappa shape index (κ3) is 2.36. The van der Waals surface area contributed by atoms with Crippen LogP contribution in [0.2, 0.25) is 0 Å². The average molecular weight is 262 g/mol. The minimum atomic E-state index is -0.936. The van der Waals surface area contributed by atoms with Crippen molar-refractivity contribution in [1.29, 1.82) is 0 Å². The van der Waals surface area contributed by atoms with Gasteiger partial charge in [-0.05, 0) is 36.6 Å². The molecular weight excluding hydrogens is 244 g/mol. The number of benzene rings is 1. The summed E-state index contributed by atoms with van der Waals surface area (Å²) in [6.07, 6.45) is 2.93. The van der Waals surface area contributed by atoms with Gasteiger partial charge in [0.1, 0.15) is 5.75 Å². The maximum absolute atomic E-state index is 10.7. The second-order valence-electron chi connectivity index (χ2n) is 4.89. The molecule has 1 aromatic carbocycles. The van der Waals surface area contributed by atoms with Crippen molar-refractivity contribution < 1.29 is 19.4 Å². The van der Waals surface area contributed by atoms with Gasteiger partial charge in [0.25, 0.3) is 0 Å². The van der Waals surface area contributed by atoms with Crippen LogP contribution in [0.1, 0.15) is 16.7 Å². The smallest absolute Gasteiger partial charge is 0.328 e. The summed E-state index contributed by atoms with van der Waals surface area (Å²) in [7, 11) is 1.65. The highest BCUT2D eigenvalue weighted by Gasteiger charge is 2.39. The maximum Gasteiger partial charge on any atom is 0.328 e. The van der Waals surface area contributed by atoms with Crippen LogP contribution in [-0.2, 0) is 14.9 Å². The lowest BCUT2D eigenvalue weighted by molar-refractivity contribution is -0.131. The van der Waals surface area contributed by atoms with Gasteiger partial charge in [-0.15, -0.1) is 0 Å². The zero-order chi connectivity index (χ0) is 14.0. The second-order valence-corrected chi connectivity index (χ2v) is 4.89. The largest absolute Gasteiger partial charge is 0.496 e. The Balaban J connectivity index is 2.45. The van der Waals surface area contributed by atoms with E-state index >= 15 is 0 Å². The number of carboxylic acids is 1. The van der Waals surface area contributed by atoms with Crippen LogP contribution in [0.5, 0.6) is 5.75 Å². The first-order chi connectivity index (χ1) is 9.00. The van der Waals surface area contributed by atoms with Gasteiger partial charge in [0, 0.05) is 6.08 Å². The van der Waals surface area contributed by atoms with Crippen LogP contribution < -0.4 is 4.74 Å². The minimum absolute atomic E-state index is 0.320. The molecule has 1 N–H and O–H groups in total. The number of ether oxygens (including phenoxy) is 2. The van der Waals surface area contributed by atoms with Crippen LogP contribution >= 0.6 is 0 Å². The molecule has 1 aliphatic heterocycles. The first kappa shape index (κ1) is 13.6. The first-order valence-electron chi connectivity index (χ1n) is 6.15. The second kappa shape index (κ2) is 5.05. The van der Waals surface area contributed by atoms with E-state index in [4.69, 9.17) is 14.6 Å². The summed E-state index contributed by atoms with van der Waals surface area (Å²) in [5.41, 5.74) is 2.99. The van der Waals surface area contributed by atoms with E-state index in [-0.39, 0.29) is 5.41 Å². The summed E-state index contributed by atoms with van der Waals surface area (Å²) in [6, 6.07) is 3.92. The van der Waals surface area contributed by atoms with Crippen LogP contribution in [0.25, 0.3) is 0 Å². The Morgan fingerprint density at radius 1 is 1.37 bits per heavy atom. The molecule has 0 radical (unpaired) electrons. The molecule has 0 saturated carbocycles. The Labute approximate surface area is 112 Å².